The minimum absolute atomic E-state index is 0.276. The lowest BCUT2D eigenvalue weighted by atomic mass is 10.1. The van der Waals surface area contributed by atoms with Gasteiger partial charge in [-0.2, -0.15) is 0 Å². The number of nitrogens with zero attached hydrogens (tertiary/aromatic N) is 3. The molecule has 2 fully saturated rings. The number of morpholine rings is 1. The number of aromatic nitrogens is 1. The van der Waals surface area contributed by atoms with E-state index in [1.54, 1.807) is 6.08 Å². The number of carbonyl (C=O) groups excluding carboxylic acids is 3. The molecule has 3 amide bonds. The number of fused-ring (bicyclic) bond motifs is 1. The molecule has 0 atom stereocenters. The van der Waals surface area contributed by atoms with E-state index in [1.807, 2.05) is 79.0 Å². The third-order valence-corrected chi connectivity index (χ3v) is 8.38. The van der Waals surface area contributed by atoms with Gasteiger partial charge in [0.15, 0.2) is 0 Å². The Morgan fingerprint density at radius 1 is 0.976 bits per heavy atom. The Labute approximate surface area is 246 Å². The van der Waals surface area contributed by atoms with Crippen molar-refractivity contribution in [2.24, 2.45) is 0 Å². The summed E-state index contributed by atoms with van der Waals surface area (Å²) in [6.07, 6.45) is 3.67. The van der Waals surface area contributed by atoms with E-state index in [-0.39, 0.29) is 11.4 Å². The van der Waals surface area contributed by atoms with Crippen LogP contribution in [0.4, 0.5) is 16.2 Å². The predicted octanol–water partition coefficient (Wildman–Crippen LogP) is 5.85. The van der Waals surface area contributed by atoms with Gasteiger partial charge in [-0.15, -0.1) is 0 Å². The minimum atomic E-state index is -0.485. The normalized spacial score (nSPS) is 16.7. The van der Waals surface area contributed by atoms with Gasteiger partial charge < -0.3 is 19.5 Å². The van der Waals surface area contributed by atoms with Crippen LogP contribution in [-0.4, -0.2) is 59.4 Å². The maximum Gasteiger partial charge on any atom is 0.294 e. The Bertz CT molecular complexity index is 1660. The van der Waals surface area contributed by atoms with E-state index in [9.17, 15) is 14.4 Å². The second-order valence-corrected chi connectivity index (χ2v) is 11.2. The molecule has 3 aromatic carbocycles. The number of hydrogen-bond donors (Lipinski definition) is 1. The van der Waals surface area contributed by atoms with E-state index in [0.717, 1.165) is 57.5 Å². The average molecular weight is 587 g/mol. The van der Waals surface area contributed by atoms with Gasteiger partial charge in [0.1, 0.15) is 6.54 Å². The van der Waals surface area contributed by atoms with Crippen molar-refractivity contribution in [3.8, 4) is 0 Å². The van der Waals surface area contributed by atoms with E-state index >= 15 is 0 Å². The Morgan fingerprint density at radius 2 is 1.71 bits per heavy atom. The van der Waals surface area contributed by atoms with Gasteiger partial charge in [0, 0.05) is 58.7 Å². The number of amides is 3. The van der Waals surface area contributed by atoms with E-state index in [1.165, 1.54) is 0 Å². The first kappa shape index (κ1) is 27.1. The summed E-state index contributed by atoms with van der Waals surface area (Å²) in [6.45, 7) is 3.22. The summed E-state index contributed by atoms with van der Waals surface area (Å²) >= 11 is 7.24. The van der Waals surface area contributed by atoms with Gasteiger partial charge in [-0.3, -0.25) is 19.3 Å². The van der Waals surface area contributed by atoms with Crippen LogP contribution in [-0.2, 0) is 20.9 Å². The van der Waals surface area contributed by atoms with Crippen molar-refractivity contribution < 1.29 is 19.1 Å². The number of hydrogen-bond acceptors (Lipinski definition) is 6. The molecule has 4 aromatic rings. The zero-order chi connectivity index (χ0) is 28.3. The van der Waals surface area contributed by atoms with Gasteiger partial charge in [0.05, 0.1) is 18.1 Å². The van der Waals surface area contributed by atoms with Crippen molar-refractivity contribution in [2.75, 3.05) is 43.1 Å². The van der Waals surface area contributed by atoms with Crippen molar-refractivity contribution in [1.29, 1.82) is 0 Å². The number of thioether (sulfide) groups is 1. The minimum Gasteiger partial charge on any atom is -0.378 e. The van der Waals surface area contributed by atoms with Gasteiger partial charge >= 0.3 is 0 Å². The molecule has 10 heteroatoms. The van der Waals surface area contributed by atoms with E-state index in [2.05, 4.69) is 14.8 Å². The maximum absolute atomic E-state index is 13.2. The van der Waals surface area contributed by atoms with E-state index < -0.39 is 17.1 Å². The van der Waals surface area contributed by atoms with E-state index in [0.29, 0.717) is 30.5 Å². The molecule has 6 rings (SSSR count). The molecule has 3 heterocycles. The number of nitrogens with one attached hydrogen (secondary N) is 1. The number of para-hydroxylation sites is 1. The largest absolute Gasteiger partial charge is 0.378 e. The van der Waals surface area contributed by atoms with Gasteiger partial charge in [-0.1, -0.05) is 48.0 Å². The molecular formula is C31H27ClN4O4S. The summed E-state index contributed by atoms with van der Waals surface area (Å²) in [6, 6.07) is 23.0. The fraction of sp³-hybridized carbons (Fsp3) is 0.194. The second kappa shape index (κ2) is 11.8. The Hall–Kier alpha value is -4.05. The lowest BCUT2D eigenvalue weighted by Gasteiger charge is -2.28. The zero-order valence-electron chi connectivity index (χ0n) is 22.1. The third-order valence-electron chi connectivity index (χ3n) is 7.11. The number of anilines is 2. The molecular weight excluding hydrogens is 560 g/mol. The highest BCUT2D eigenvalue weighted by molar-refractivity contribution is 8.18. The number of carbonyl (C=O) groups is 3. The summed E-state index contributed by atoms with van der Waals surface area (Å²) in [5.41, 5.74) is 4.42. The fourth-order valence-corrected chi connectivity index (χ4v) is 6.05. The summed E-state index contributed by atoms with van der Waals surface area (Å²) < 4.78 is 7.47. The predicted molar refractivity (Wildman–Crippen MR) is 163 cm³/mol. The number of benzene rings is 3. The van der Waals surface area contributed by atoms with Gasteiger partial charge in [0.25, 0.3) is 11.1 Å². The van der Waals surface area contributed by atoms with Gasteiger partial charge in [0.2, 0.25) is 5.91 Å². The monoisotopic (exact) mass is 586 g/mol. The molecule has 2 aliphatic rings. The van der Waals surface area contributed by atoms with Crippen LogP contribution in [0.15, 0.2) is 83.9 Å². The quantitative estimate of drug-likeness (QED) is 0.273. The lowest BCUT2D eigenvalue weighted by Crippen LogP contribution is -2.36. The van der Waals surface area contributed by atoms with Crippen LogP contribution in [0.3, 0.4) is 0 Å². The Morgan fingerprint density at radius 3 is 2.49 bits per heavy atom. The van der Waals surface area contributed by atoms with Crippen molar-refractivity contribution >= 4 is 68.8 Å². The van der Waals surface area contributed by atoms with Crippen LogP contribution in [0.5, 0.6) is 0 Å². The molecule has 0 saturated carbocycles. The second-order valence-electron chi connectivity index (χ2n) is 9.78. The van der Waals surface area contributed by atoms with Crippen molar-refractivity contribution in [1.82, 2.24) is 9.47 Å². The van der Waals surface area contributed by atoms with Crippen LogP contribution in [0, 0.1) is 0 Å². The topological polar surface area (TPSA) is 83.9 Å². The van der Waals surface area contributed by atoms with Crippen molar-refractivity contribution in [3.05, 3.63) is 100 Å². The molecule has 0 bridgehead atoms. The molecule has 208 valence electrons. The molecule has 1 N–H and O–H groups in total. The maximum atomic E-state index is 13.2. The third kappa shape index (κ3) is 5.88. The fourth-order valence-electron chi connectivity index (χ4n) is 5.03. The van der Waals surface area contributed by atoms with Crippen LogP contribution in [0.2, 0.25) is 5.02 Å². The highest BCUT2D eigenvalue weighted by atomic mass is 35.5. The van der Waals surface area contributed by atoms with Gasteiger partial charge in [-0.05, 0) is 59.8 Å². The molecule has 0 spiro atoms. The summed E-state index contributed by atoms with van der Waals surface area (Å²) in [5.74, 6) is -0.926. The molecule has 1 aromatic heterocycles. The van der Waals surface area contributed by atoms with Crippen LogP contribution in [0.25, 0.3) is 17.0 Å². The van der Waals surface area contributed by atoms with Crippen molar-refractivity contribution in [2.45, 2.75) is 6.54 Å². The molecule has 2 saturated heterocycles. The van der Waals surface area contributed by atoms with E-state index in [4.69, 9.17) is 16.3 Å². The SMILES string of the molecule is O=C(CN1C(=O)S/C(=C/c2cn(Cc3ccccc3Cl)c3ccccc23)C1=O)Nc1ccc(N2CCOCC2)cc1. The summed E-state index contributed by atoms with van der Waals surface area (Å²) in [5, 5.41) is 3.94. The Kier molecular flexibility index (Phi) is 7.82. The number of ether oxygens (including phenoxy) is 1. The molecule has 41 heavy (non-hydrogen) atoms. The number of imide groups is 1. The molecule has 2 aliphatic heterocycles. The summed E-state index contributed by atoms with van der Waals surface area (Å²) in [4.78, 5) is 42.2. The van der Waals surface area contributed by atoms with Crippen LogP contribution in [0.1, 0.15) is 11.1 Å². The molecule has 0 unspecified atom stereocenters. The average Bonchev–Trinajstić information content (AvgIpc) is 3.46. The highest BCUT2D eigenvalue weighted by Gasteiger charge is 2.36. The van der Waals surface area contributed by atoms with Crippen LogP contribution < -0.4 is 10.2 Å². The standard InChI is InChI=1S/C31H27ClN4O4S/c32-26-7-3-1-5-21(26)18-35-19-22(25-6-2-4-8-27(25)35)17-28-30(38)36(31(39)41-28)20-29(37)33-23-9-11-24(12-10-23)34-13-15-40-16-14-34/h1-12,17,19H,13-16,18,20H2,(H,33,37)/b28-17+. The molecule has 8 nitrogen and oxygen atoms in total. The number of halogens is 1. The van der Waals surface area contributed by atoms with Gasteiger partial charge in [-0.25, -0.2) is 0 Å². The lowest BCUT2D eigenvalue weighted by molar-refractivity contribution is -0.127. The van der Waals surface area contributed by atoms with Crippen molar-refractivity contribution in [3.63, 3.8) is 0 Å². The first-order chi connectivity index (χ1) is 20.0. The number of rotatable bonds is 7. The Balaban J connectivity index is 1.15. The molecule has 0 radical (unpaired) electrons. The molecule has 0 aliphatic carbocycles. The zero-order valence-corrected chi connectivity index (χ0v) is 23.7. The first-order valence-corrected chi connectivity index (χ1v) is 14.4. The van der Waals surface area contributed by atoms with Crippen LogP contribution >= 0.6 is 23.4 Å². The first-order valence-electron chi connectivity index (χ1n) is 13.3. The smallest absolute Gasteiger partial charge is 0.294 e. The highest BCUT2D eigenvalue weighted by Crippen LogP contribution is 2.34. The summed E-state index contributed by atoms with van der Waals surface area (Å²) in [7, 11) is 0.